The summed E-state index contributed by atoms with van der Waals surface area (Å²) in [5, 5.41) is 8.42. The molecule has 0 fully saturated rings. The molecule has 0 spiro atoms. The lowest BCUT2D eigenvalue weighted by Gasteiger charge is -2.10. The van der Waals surface area contributed by atoms with Crippen LogP contribution >= 0.6 is 11.3 Å². The van der Waals surface area contributed by atoms with Gasteiger partial charge in [-0.2, -0.15) is 9.78 Å². The normalized spacial score (nSPS) is 10.8. The van der Waals surface area contributed by atoms with E-state index >= 15 is 0 Å². The van der Waals surface area contributed by atoms with Crippen molar-refractivity contribution in [2.45, 2.75) is 6.92 Å². The number of ether oxygens (including phenoxy) is 2. The summed E-state index contributed by atoms with van der Waals surface area (Å²) in [6, 6.07) is 10.7. The van der Waals surface area contributed by atoms with E-state index in [0.717, 1.165) is 22.1 Å². The molecular weight excluding hydrogens is 468 g/mol. The molecule has 174 valence electrons. The Balaban J connectivity index is 1.73. The zero-order chi connectivity index (χ0) is 24.2. The number of carbonyl (C=O) groups excluding carboxylic acids is 2. The quantitative estimate of drug-likeness (QED) is 0.399. The van der Waals surface area contributed by atoms with E-state index in [-0.39, 0.29) is 39.5 Å². The Hall–Kier alpha value is -4.12. The highest BCUT2D eigenvalue weighted by molar-refractivity contribution is 7.16. The fraction of sp³-hybridized carbons (Fsp3) is 0.130. The monoisotopic (exact) mass is 485 g/mol. The number of nitrogens with one attached hydrogen (secondary N) is 1. The van der Waals surface area contributed by atoms with Crippen molar-refractivity contribution in [3.8, 4) is 11.4 Å². The van der Waals surface area contributed by atoms with Gasteiger partial charge >= 0.3 is 5.97 Å². The fourth-order valence-corrected chi connectivity index (χ4v) is 4.10. The summed E-state index contributed by atoms with van der Waals surface area (Å²) in [4.78, 5) is 38.2. The van der Waals surface area contributed by atoms with Crippen molar-refractivity contribution in [3.63, 3.8) is 0 Å². The van der Waals surface area contributed by atoms with Gasteiger partial charge in [0.1, 0.15) is 10.8 Å². The number of esters is 1. The molecule has 0 aliphatic rings. The number of amides is 1. The first kappa shape index (κ1) is 23.1. The molecule has 2 aromatic carbocycles. The first-order valence-corrected chi connectivity index (χ1v) is 10.9. The number of benzene rings is 2. The first-order chi connectivity index (χ1) is 16.4. The van der Waals surface area contributed by atoms with Crippen molar-refractivity contribution in [3.05, 3.63) is 81.6 Å². The lowest BCUT2D eigenvalue weighted by atomic mass is 10.2. The number of hydrogen-bond acceptors (Lipinski definition) is 7. The molecule has 4 aromatic rings. The molecule has 0 aliphatic heterocycles. The number of thiophene rings is 1. The lowest BCUT2D eigenvalue weighted by Crippen LogP contribution is -2.26. The maximum absolute atomic E-state index is 13.8. The predicted octanol–water partition coefficient (Wildman–Crippen LogP) is 3.92. The van der Waals surface area contributed by atoms with Crippen molar-refractivity contribution in [2.24, 2.45) is 0 Å². The number of anilines is 1. The molecule has 0 aliphatic carbocycles. The molecule has 2 aromatic heterocycles. The number of carbonyl (C=O) groups is 2. The second-order valence-electron chi connectivity index (χ2n) is 6.89. The average molecular weight is 485 g/mol. The summed E-state index contributed by atoms with van der Waals surface area (Å²) in [5.74, 6) is -2.77. The van der Waals surface area contributed by atoms with Crippen molar-refractivity contribution in [1.82, 2.24) is 9.78 Å². The molecule has 0 saturated heterocycles. The zero-order valence-electron chi connectivity index (χ0n) is 17.7. The predicted molar refractivity (Wildman–Crippen MR) is 122 cm³/mol. The van der Waals surface area contributed by atoms with Crippen molar-refractivity contribution in [1.29, 1.82) is 0 Å². The van der Waals surface area contributed by atoms with E-state index in [1.165, 1.54) is 41.8 Å². The van der Waals surface area contributed by atoms with Crippen LogP contribution in [0.4, 0.5) is 13.8 Å². The number of hydrogen-bond donors (Lipinski definition) is 1. The van der Waals surface area contributed by atoms with Crippen molar-refractivity contribution in [2.75, 3.05) is 18.5 Å². The maximum atomic E-state index is 13.8. The van der Waals surface area contributed by atoms with Crippen LogP contribution in [0.25, 0.3) is 16.5 Å². The van der Waals surface area contributed by atoms with E-state index in [1.54, 1.807) is 13.0 Å². The van der Waals surface area contributed by atoms with Crippen LogP contribution in [0, 0.1) is 11.6 Å². The van der Waals surface area contributed by atoms with E-state index in [0.29, 0.717) is 0 Å². The van der Waals surface area contributed by atoms with Gasteiger partial charge in [-0.3, -0.25) is 9.59 Å². The van der Waals surface area contributed by atoms with Crippen LogP contribution in [-0.4, -0.2) is 34.9 Å². The van der Waals surface area contributed by atoms with Gasteiger partial charge in [-0.05, 0) is 37.3 Å². The summed E-state index contributed by atoms with van der Waals surface area (Å²) in [6.07, 6.45) is 0. The molecule has 0 atom stereocenters. The van der Waals surface area contributed by atoms with Gasteiger partial charge in [0.15, 0.2) is 23.9 Å². The highest BCUT2D eigenvalue weighted by Gasteiger charge is 2.23. The van der Waals surface area contributed by atoms with Gasteiger partial charge in [-0.15, -0.1) is 11.3 Å². The van der Waals surface area contributed by atoms with Crippen LogP contribution in [0.5, 0.6) is 5.75 Å². The zero-order valence-corrected chi connectivity index (χ0v) is 18.5. The van der Waals surface area contributed by atoms with E-state index in [1.807, 2.05) is 0 Å². The Morgan fingerprint density at radius 1 is 1.15 bits per heavy atom. The minimum Gasteiger partial charge on any atom is -0.481 e. The van der Waals surface area contributed by atoms with Gasteiger partial charge in [-0.25, -0.2) is 13.6 Å². The summed E-state index contributed by atoms with van der Waals surface area (Å²) >= 11 is 0.990. The van der Waals surface area contributed by atoms with Crippen molar-refractivity contribution >= 4 is 39.0 Å². The van der Waals surface area contributed by atoms with Gasteiger partial charge in [0, 0.05) is 10.8 Å². The van der Waals surface area contributed by atoms with Crippen LogP contribution in [0.1, 0.15) is 17.4 Å². The average Bonchev–Trinajstić information content (AvgIpc) is 3.23. The summed E-state index contributed by atoms with van der Waals surface area (Å²) in [5.41, 5.74) is -0.760. The minimum absolute atomic E-state index is 0.00782. The van der Waals surface area contributed by atoms with Gasteiger partial charge in [0.05, 0.1) is 17.7 Å². The van der Waals surface area contributed by atoms with Crippen LogP contribution < -0.4 is 15.6 Å². The Kier molecular flexibility index (Phi) is 6.64. The third kappa shape index (κ3) is 4.64. The highest BCUT2D eigenvalue weighted by Crippen LogP contribution is 2.30. The Morgan fingerprint density at radius 3 is 2.68 bits per heavy atom. The minimum atomic E-state index is -0.781. The first-order valence-electron chi connectivity index (χ1n) is 10.0. The molecule has 0 saturated carbocycles. The second-order valence-corrected chi connectivity index (χ2v) is 7.77. The van der Waals surface area contributed by atoms with Crippen LogP contribution in [-0.2, 0) is 9.53 Å². The number of fused-ring (bicyclic) bond motifs is 1. The number of rotatable bonds is 7. The van der Waals surface area contributed by atoms with Crippen LogP contribution in [0.3, 0.4) is 0 Å². The second kappa shape index (κ2) is 9.79. The topological polar surface area (TPSA) is 99.5 Å². The highest BCUT2D eigenvalue weighted by atomic mass is 32.1. The smallest absolute Gasteiger partial charge is 0.359 e. The Labute approximate surface area is 195 Å². The van der Waals surface area contributed by atoms with E-state index in [2.05, 4.69) is 10.4 Å². The van der Waals surface area contributed by atoms with Gasteiger partial charge in [-0.1, -0.05) is 18.2 Å². The molecule has 34 heavy (non-hydrogen) atoms. The third-order valence-electron chi connectivity index (χ3n) is 4.62. The lowest BCUT2D eigenvalue weighted by molar-refractivity contribution is -0.118. The SMILES string of the molecule is CCOC(=O)c1nn(-c2cccc(F)c2)c(=O)c2c(NC(=O)COc3ccccc3F)scc12. The van der Waals surface area contributed by atoms with Gasteiger partial charge in [0.2, 0.25) is 0 Å². The van der Waals surface area contributed by atoms with Crippen molar-refractivity contribution < 1.29 is 27.8 Å². The van der Waals surface area contributed by atoms with Crippen LogP contribution in [0.2, 0.25) is 0 Å². The molecule has 0 bridgehead atoms. The third-order valence-corrected chi connectivity index (χ3v) is 5.52. The maximum Gasteiger partial charge on any atom is 0.359 e. The number of aromatic nitrogens is 2. The molecular formula is C23H17F2N3O5S. The summed E-state index contributed by atoms with van der Waals surface area (Å²) in [7, 11) is 0. The standard InChI is InChI=1S/C23H17F2N3O5S/c1-2-32-23(31)20-15-12-34-21(26-18(29)11-33-17-9-4-3-8-16(17)25)19(15)22(30)28(27-20)14-7-5-6-13(24)10-14/h3-10,12H,2,11H2,1H3,(H,26,29). The largest absolute Gasteiger partial charge is 0.481 e. The molecule has 4 rings (SSSR count). The number of nitrogens with zero attached hydrogens (tertiary/aromatic N) is 2. The molecule has 2 heterocycles. The Bertz CT molecular complexity index is 1450. The van der Waals surface area contributed by atoms with Crippen LogP contribution in [0.15, 0.2) is 58.7 Å². The fourth-order valence-electron chi connectivity index (χ4n) is 3.14. The van der Waals surface area contributed by atoms with Gasteiger partial charge < -0.3 is 14.8 Å². The van der Waals surface area contributed by atoms with E-state index in [9.17, 15) is 23.2 Å². The molecule has 11 heteroatoms. The summed E-state index contributed by atoms with van der Waals surface area (Å²) in [6.45, 7) is 1.17. The van der Waals surface area contributed by atoms with E-state index in [4.69, 9.17) is 9.47 Å². The molecule has 0 radical (unpaired) electrons. The molecule has 1 amide bonds. The molecule has 1 N–H and O–H groups in total. The Morgan fingerprint density at radius 2 is 1.94 bits per heavy atom. The number of halogens is 2. The van der Waals surface area contributed by atoms with Gasteiger partial charge in [0.25, 0.3) is 11.5 Å². The molecule has 8 nitrogen and oxygen atoms in total. The summed E-state index contributed by atoms with van der Waals surface area (Å²) < 4.78 is 38.6. The number of para-hydroxylation sites is 1. The molecule has 0 unspecified atom stereocenters. The van der Waals surface area contributed by atoms with E-state index < -0.39 is 35.7 Å².